The van der Waals surface area contributed by atoms with Gasteiger partial charge in [0.05, 0.1) is 0 Å². The molecule has 0 rings (SSSR count). The molecule has 0 aromatic heterocycles. The lowest BCUT2D eigenvalue weighted by molar-refractivity contribution is -0.166. The second-order valence-corrected chi connectivity index (χ2v) is 16.3. The van der Waals surface area contributed by atoms with E-state index < -0.39 is 12.1 Å². The van der Waals surface area contributed by atoms with E-state index in [9.17, 15) is 14.4 Å². The third-order valence-corrected chi connectivity index (χ3v) is 10.0. The molecule has 0 aliphatic heterocycles. The van der Waals surface area contributed by atoms with Crippen molar-refractivity contribution < 1.29 is 28.6 Å². The normalized spacial score (nSPS) is 13.4. The van der Waals surface area contributed by atoms with Crippen LogP contribution in [0.3, 0.4) is 0 Å². The number of rotatable bonds is 44. The number of ether oxygens (including phenoxy) is 3. The van der Waals surface area contributed by atoms with E-state index in [0.717, 1.165) is 109 Å². The summed E-state index contributed by atoms with van der Waals surface area (Å²) in [6, 6.07) is 0. The number of unbranched alkanes of at least 4 members (excludes halogenated alkanes) is 7. The maximum absolute atomic E-state index is 12.8. The smallest absolute Gasteiger partial charge is 0.306 e. The van der Waals surface area contributed by atoms with Crippen molar-refractivity contribution in [3.63, 3.8) is 0 Å². The van der Waals surface area contributed by atoms with E-state index in [0.29, 0.717) is 19.3 Å². The second-order valence-electron chi connectivity index (χ2n) is 16.3. The molecular formula is C61H92O6. The summed E-state index contributed by atoms with van der Waals surface area (Å²) in [5, 5.41) is 0. The van der Waals surface area contributed by atoms with Gasteiger partial charge in [-0.3, -0.25) is 14.4 Å². The Kier molecular flexibility index (Phi) is 49.7. The topological polar surface area (TPSA) is 78.9 Å². The first-order chi connectivity index (χ1) is 33.0. The molecule has 67 heavy (non-hydrogen) atoms. The number of allylic oxidation sites excluding steroid dienone is 26. The van der Waals surface area contributed by atoms with Gasteiger partial charge < -0.3 is 14.2 Å². The molecule has 0 aromatic rings. The molecule has 6 nitrogen and oxygen atoms in total. The molecule has 6 heteroatoms. The third-order valence-electron chi connectivity index (χ3n) is 10.0. The number of esters is 3. The highest BCUT2D eigenvalue weighted by Gasteiger charge is 2.19. The first-order valence-corrected chi connectivity index (χ1v) is 26.0. The van der Waals surface area contributed by atoms with Crippen LogP contribution in [0, 0.1) is 0 Å². The Hall–Kier alpha value is -4.97. The highest BCUT2D eigenvalue weighted by Crippen LogP contribution is 2.12. The summed E-state index contributed by atoms with van der Waals surface area (Å²) in [6.45, 7) is 6.14. The van der Waals surface area contributed by atoms with E-state index in [1.54, 1.807) is 0 Å². The Labute approximate surface area is 409 Å². The summed E-state index contributed by atoms with van der Waals surface area (Å²) < 4.78 is 16.6. The number of hydrogen-bond donors (Lipinski definition) is 0. The Morgan fingerprint density at radius 1 is 0.299 bits per heavy atom. The Balaban J connectivity index is 4.65. The zero-order valence-electron chi connectivity index (χ0n) is 42.3. The van der Waals surface area contributed by atoms with E-state index in [1.165, 1.54) is 25.7 Å². The van der Waals surface area contributed by atoms with Crippen LogP contribution in [-0.4, -0.2) is 37.2 Å². The Morgan fingerprint density at radius 3 is 0.925 bits per heavy atom. The molecule has 0 N–H and O–H groups in total. The van der Waals surface area contributed by atoms with Crippen LogP contribution in [0.5, 0.6) is 0 Å². The monoisotopic (exact) mass is 921 g/mol. The SMILES string of the molecule is CC/C=C\C/C=C\C/C=C\C/C=C\C/C=C\C/C=C\CCC(=O)OCC(COC(=O)CCCCCCCCC/C=C\C/C=C\CC)OC(=O)CC/C=C\C/C=C\C/C=C\C/C=C\C/C=C\CC. The molecule has 0 heterocycles. The van der Waals surface area contributed by atoms with E-state index in [-0.39, 0.29) is 38.0 Å². The van der Waals surface area contributed by atoms with Crippen molar-refractivity contribution in [2.75, 3.05) is 13.2 Å². The van der Waals surface area contributed by atoms with Crippen molar-refractivity contribution in [2.45, 2.75) is 194 Å². The van der Waals surface area contributed by atoms with E-state index >= 15 is 0 Å². The molecule has 1 atom stereocenters. The van der Waals surface area contributed by atoms with Gasteiger partial charge in [-0.1, -0.05) is 211 Å². The van der Waals surface area contributed by atoms with Crippen molar-refractivity contribution in [1.29, 1.82) is 0 Å². The van der Waals surface area contributed by atoms with Crippen LogP contribution in [0.1, 0.15) is 188 Å². The molecule has 0 amide bonds. The Bertz CT molecular complexity index is 1570. The van der Waals surface area contributed by atoms with Crippen molar-refractivity contribution >= 4 is 17.9 Å². The van der Waals surface area contributed by atoms with Gasteiger partial charge in [0.15, 0.2) is 6.10 Å². The minimum Gasteiger partial charge on any atom is -0.462 e. The van der Waals surface area contributed by atoms with Gasteiger partial charge >= 0.3 is 17.9 Å². The van der Waals surface area contributed by atoms with Crippen LogP contribution < -0.4 is 0 Å². The predicted molar refractivity (Wildman–Crippen MR) is 288 cm³/mol. The number of hydrogen-bond acceptors (Lipinski definition) is 6. The minimum absolute atomic E-state index is 0.143. The van der Waals surface area contributed by atoms with Crippen molar-refractivity contribution in [2.24, 2.45) is 0 Å². The predicted octanol–water partition coefficient (Wildman–Crippen LogP) is 17.4. The largest absolute Gasteiger partial charge is 0.462 e. The highest BCUT2D eigenvalue weighted by atomic mass is 16.6. The summed E-state index contributed by atoms with van der Waals surface area (Å²) in [5.74, 6) is -1.14. The van der Waals surface area contributed by atoms with Gasteiger partial charge in [-0.05, 0) is 116 Å². The first-order valence-electron chi connectivity index (χ1n) is 26.0. The summed E-state index contributed by atoms with van der Waals surface area (Å²) >= 11 is 0. The fourth-order valence-corrected chi connectivity index (χ4v) is 6.26. The fourth-order valence-electron chi connectivity index (χ4n) is 6.26. The standard InChI is InChI=1S/C61H92O6/c1-4-7-10-13-16-19-22-25-28-30-31-32-34-36-39-42-45-48-51-54-60(63)66-57-58(56-65-59(62)53-50-47-44-41-38-35-27-24-21-18-15-12-9-6-3)67-61(64)55-52-49-46-43-40-37-33-29-26-23-20-17-14-11-8-5-2/h7-12,16-21,25-26,28-29,31-32,36-37,39-40,45-46,48-49,58H,4-6,13-15,22-24,27,30,33-35,38,41-44,47,50-57H2,1-3H3/b10-7-,11-8-,12-9-,19-16-,20-17-,21-18-,28-25-,29-26-,32-31-,39-36-,40-37-,48-45-,49-46-. The zero-order valence-corrected chi connectivity index (χ0v) is 42.3. The van der Waals surface area contributed by atoms with Gasteiger partial charge in [0.2, 0.25) is 0 Å². The lowest BCUT2D eigenvalue weighted by Crippen LogP contribution is -2.30. The van der Waals surface area contributed by atoms with Gasteiger partial charge in [-0.15, -0.1) is 0 Å². The van der Waals surface area contributed by atoms with Crippen molar-refractivity contribution in [3.8, 4) is 0 Å². The molecule has 0 radical (unpaired) electrons. The minimum atomic E-state index is -0.859. The average molecular weight is 921 g/mol. The van der Waals surface area contributed by atoms with Crippen LogP contribution in [0.25, 0.3) is 0 Å². The van der Waals surface area contributed by atoms with Gasteiger partial charge in [0.1, 0.15) is 13.2 Å². The average Bonchev–Trinajstić information content (AvgIpc) is 3.33. The maximum Gasteiger partial charge on any atom is 0.306 e. The molecule has 0 aromatic carbocycles. The van der Waals surface area contributed by atoms with Gasteiger partial charge in [-0.25, -0.2) is 0 Å². The van der Waals surface area contributed by atoms with E-state index in [2.05, 4.69) is 154 Å². The van der Waals surface area contributed by atoms with E-state index in [4.69, 9.17) is 14.2 Å². The Morgan fingerprint density at radius 2 is 0.567 bits per heavy atom. The lowest BCUT2D eigenvalue weighted by atomic mass is 10.1. The highest BCUT2D eigenvalue weighted by molar-refractivity contribution is 5.71. The fraction of sp³-hybridized carbons (Fsp3) is 0.525. The molecule has 0 saturated heterocycles. The summed E-state index contributed by atoms with van der Waals surface area (Å²) in [6.07, 6.45) is 78.2. The number of carbonyl (C=O) groups is 3. The lowest BCUT2D eigenvalue weighted by Gasteiger charge is -2.18. The zero-order chi connectivity index (χ0) is 48.6. The molecule has 1 unspecified atom stereocenters. The van der Waals surface area contributed by atoms with E-state index in [1.807, 2.05) is 24.3 Å². The molecule has 0 fully saturated rings. The molecular weight excluding hydrogens is 829 g/mol. The van der Waals surface area contributed by atoms with Crippen LogP contribution in [0.15, 0.2) is 158 Å². The molecule has 0 saturated carbocycles. The van der Waals surface area contributed by atoms with Crippen molar-refractivity contribution in [3.05, 3.63) is 158 Å². The molecule has 0 spiro atoms. The van der Waals surface area contributed by atoms with Crippen molar-refractivity contribution in [1.82, 2.24) is 0 Å². The molecule has 0 bridgehead atoms. The van der Waals surface area contributed by atoms with Crippen LogP contribution >= 0.6 is 0 Å². The maximum atomic E-state index is 12.8. The summed E-state index contributed by atoms with van der Waals surface area (Å²) in [7, 11) is 0. The molecule has 0 aliphatic rings. The van der Waals surface area contributed by atoms with Crippen LogP contribution in [0.4, 0.5) is 0 Å². The van der Waals surface area contributed by atoms with Gasteiger partial charge in [-0.2, -0.15) is 0 Å². The first kappa shape index (κ1) is 62.0. The number of carbonyl (C=O) groups excluding carboxylic acids is 3. The molecule has 0 aliphatic carbocycles. The summed E-state index contributed by atoms with van der Waals surface area (Å²) in [5.41, 5.74) is 0. The second kappa shape index (κ2) is 53.6. The van der Waals surface area contributed by atoms with Gasteiger partial charge in [0.25, 0.3) is 0 Å². The van der Waals surface area contributed by atoms with Gasteiger partial charge in [0, 0.05) is 19.3 Å². The third kappa shape index (κ3) is 51.9. The van der Waals surface area contributed by atoms with Crippen LogP contribution in [-0.2, 0) is 28.6 Å². The molecule has 372 valence electrons. The summed E-state index contributed by atoms with van der Waals surface area (Å²) in [4.78, 5) is 38.0. The quantitative estimate of drug-likeness (QED) is 0.0262. The van der Waals surface area contributed by atoms with Crippen LogP contribution in [0.2, 0.25) is 0 Å².